The topological polar surface area (TPSA) is 40.5 Å². The quantitative estimate of drug-likeness (QED) is 0.916. The van der Waals surface area contributed by atoms with Crippen LogP contribution in [0.1, 0.15) is 48.5 Å². The Balaban J connectivity index is 2.08. The SMILES string of the molecule is CC1CCCC(N(C)Cc2cc(C(=O)O)ccc2F)C1. The summed E-state index contributed by atoms with van der Waals surface area (Å²) in [6, 6.07) is 4.46. The van der Waals surface area contributed by atoms with Crippen LogP contribution in [0.4, 0.5) is 4.39 Å². The van der Waals surface area contributed by atoms with Crippen LogP contribution in [0.2, 0.25) is 0 Å². The van der Waals surface area contributed by atoms with Gasteiger partial charge in [0.25, 0.3) is 0 Å². The second-order valence-electron chi connectivity index (χ2n) is 5.95. The molecule has 1 saturated carbocycles. The summed E-state index contributed by atoms with van der Waals surface area (Å²) in [5.41, 5.74) is 0.609. The number of halogens is 1. The molecule has 20 heavy (non-hydrogen) atoms. The standard InChI is InChI=1S/C16H22FNO2/c1-11-4-3-5-14(8-11)18(2)10-13-9-12(16(19)20)6-7-15(13)17/h6-7,9,11,14H,3-5,8,10H2,1-2H3,(H,19,20). The van der Waals surface area contributed by atoms with E-state index in [1.807, 2.05) is 7.05 Å². The van der Waals surface area contributed by atoms with Crippen LogP contribution in [-0.4, -0.2) is 29.1 Å². The lowest BCUT2D eigenvalue weighted by Gasteiger charge is -2.34. The maximum atomic E-state index is 13.8. The first kappa shape index (κ1) is 15.0. The van der Waals surface area contributed by atoms with Gasteiger partial charge in [-0.2, -0.15) is 0 Å². The molecule has 1 aliphatic rings. The van der Waals surface area contributed by atoms with Crippen molar-refractivity contribution in [2.75, 3.05) is 7.05 Å². The van der Waals surface area contributed by atoms with E-state index in [0.717, 1.165) is 12.8 Å². The predicted octanol–water partition coefficient (Wildman–Crippen LogP) is 3.53. The molecule has 1 aliphatic carbocycles. The van der Waals surface area contributed by atoms with Crippen molar-refractivity contribution in [3.63, 3.8) is 0 Å². The third-order valence-corrected chi connectivity index (χ3v) is 4.24. The van der Waals surface area contributed by atoms with Crippen molar-refractivity contribution in [3.8, 4) is 0 Å². The number of nitrogens with zero attached hydrogens (tertiary/aromatic N) is 1. The molecule has 1 aromatic carbocycles. The van der Waals surface area contributed by atoms with Crippen LogP contribution in [0.15, 0.2) is 18.2 Å². The number of rotatable bonds is 4. The minimum Gasteiger partial charge on any atom is -0.478 e. The Morgan fingerprint density at radius 1 is 1.45 bits per heavy atom. The van der Waals surface area contributed by atoms with Gasteiger partial charge in [-0.3, -0.25) is 4.90 Å². The summed E-state index contributed by atoms with van der Waals surface area (Å²) in [5, 5.41) is 8.98. The lowest BCUT2D eigenvalue weighted by molar-refractivity contribution is 0.0696. The first-order valence-corrected chi connectivity index (χ1v) is 7.19. The van der Waals surface area contributed by atoms with Gasteiger partial charge in [-0.25, -0.2) is 9.18 Å². The highest BCUT2D eigenvalue weighted by molar-refractivity contribution is 5.87. The summed E-state index contributed by atoms with van der Waals surface area (Å²) in [7, 11) is 2.00. The molecular weight excluding hydrogens is 257 g/mol. The molecule has 1 aromatic rings. The normalized spacial score (nSPS) is 23.0. The number of benzene rings is 1. The monoisotopic (exact) mass is 279 g/mol. The van der Waals surface area contributed by atoms with Gasteiger partial charge in [0, 0.05) is 18.2 Å². The molecule has 0 spiro atoms. The number of hydrogen-bond donors (Lipinski definition) is 1. The minimum absolute atomic E-state index is 0.145. The average molecular weight is 279 g/mol. The van der Waals surface area contributed by atoms with Gasteiger partial charge < -0.3 is 5.11 Å². The molecule has 2 unspecified atom stereocenters. The van der Waals surface area contributed by atoms with Crippen molar-refractivity contribution in [1.82, 2.24) is 4.90 Å². The molecule has 0 radical (unpaired) electrons. The zero-order chi connectivity index (χ0) is 14.7. The number of carboxylic acid groups (broad SMARTS) is 1. The van der Waals surface area contributed by atoms with Crippen LogP contribution in [-0.2, 0) is 6.54 Å². The van der Waals surface area contributed by atoms with E-state index in [-0.39, 0.29) is 11.4 Å². The summed E-state index contributed by atoms with van der Waals surface area (Å²) < 4.78 is 13.8. The van der Waals surface area contributed by atoms with Crippen LogP contribution >= 0.6 is 0 Å². The van der Waals surface area contributed by atoms with E-state index in [1.165, 1.54) is 31.0 Å². The Labute approximate surface area is 119 Å². The van der Waals surface area contributed by atoms with E-state index < -0.39 is 5.97 Å². The van der Waals surface area contributed by atoms with Crippen molar-refractivity contribution in [2.24, 2.45) is 5.92 Å². The third-order valence-electron chi connectivity index (χ3n) is 4.24. The van der Waals surface area contributed by atoms with E-state index in [4.69, 9.17) is 5.11 Å². The molecule has 3 nitrogen and oxygen atoms in total. The highest BCUT2D eigenvalue weighted by atomic mass is 19.1. The summed E-state index contributed by atoms with van der Waals surface area (Å²) in [4.78, 5) is 13.1. The molecule has 2 atom stereocenters. The van der Waals surface area contributed by atoms with E-state index in [2.05, 4.69) is 11.8 Å². The molecular formula is C16H22FNO2. The van der Waals surface area contributed by atoms with Crippen molar-refractivity contribution in [2.45, 2.75) is 45.2 Å². The van der Waals surface area contributed by atoms with Crippen molar-refractivity contribution < 1.29 is 14.3 Å². The van der Waals surface area contributed by atoms with Crippen LogP contribution in [0.5, 0.6) is 0 Å². The predicted molar refractivity (Wildman–Crippen MR) is 76.2 cm³/mol. The number of aromatic carboxylic acids is 1. The number of carboxylic acids is 1. The molecule has 2 rings (SSSR count). The second kappa shape index (κ2) is 6.35. The average Bonchev–Trinajstić information content (AvgIpc) is 2.41. The van der Waals surface area contributed by atoms with Gasteiger partial charge in [-0.15, -0.1) is 0 Å². The Kier molecular flexibility index (Phi) is 4.76. The maximum absolute atomic E-state index is 13.8. The molecule has 0 amide bonds. The van der Waals surface area contributed by atoms with Crippen LogP contribution in [0.25, 0.3) is 0 Å². The third kappa shape index (κ3) is 3.57. The van der Waals surface area contributed by atoms with E-state index in [1.54, 1.807) is 0 Å². The highest BCUT2D eigenvalue weighted by Gasteiger charge is 2.23. The molecule has 0 bridgehead atoms. The zero-order valence-corrected chi connectivity index (χ0v) is 12.1. The molecule has 1 N–H and O–H groups in total. The van der Waals surface area contributed by atoms with Gasteiger partial charge in [-0.05, 0) is 44.0 Å². The summed E-state index contributed by atoms with van der Waals surface area (Å²) in [6.07, 6.45) is 4.76. The van der Waals surface area contributed by atoms with Gasteiger partial charge in [0.15, 0.2) is 0 Å². The van der Waals surface area contributed by atoms with Crippen LogP contribution in [0.3, 0.4) is 0 Å². The van der Waals surface area contributed by atoms with E-state index >= 15 is 0 Å². The maximum Gasteiger partial charge on any atom is 0.335 e. The molecule has 0 heterocycles. The molecule has 1 fully saturated rings. The Bertz CT molecular complexity index is 489. The first-order valence-electron chi connectivity index (χ1n) is 7.19. The smallest absolute Gasteiger partial charge is 0.335 e. The Morgan fingerprint density at radius 3 is 2.85 bits per heavy atom. The largest absolute Gasteiger partial charge is 0.478 e. The lowest BCUT2D eigenvalue weighted by Crippen LogP contribution is -2.35. The molecule has 0 saturated heterocycles. The van der Waals surface area contributed by atoms with Crippen LogP contribution < -0.4 is 0 Å². The fourth-order valence-electron chi connectivity index (χ4n) is 3.03. The van der Waals surface area contributed by atoms with Gasteiger partial charge >= 0.3 is 5.97 Å². The molecule has 4 heteroatoms. The number of carbonyl (C=O) groups is 1. The van der Waals surface area contributed by atoms with E-state index in [0.29, 0.717) is 24.1 Å². The van der Waals surface area contributed by atoms with E-state index in [9.17, 15) is 9.18 Å². The highest BCUT2D eigenvalue weighted by Crippen LogP contribution is 2.27. The second-order valence-corrected chi connectivity index (χ2v) is 5.95. The first-order chi connectivity index (χ1) is 9.47. The summed E-state index contributed by atoms with van der Waals surface area (Å²) >= 11 is 0. The van der Waals surface area contributed by atoms with Crippen molar-refractivity contribution in [3.05, 3.63) is 35.1 Å². The molecule has 0 aliphatic heterocycles. The zero-order valence-electron chi connectivity index (χ0n) is 12.1. The Morgan fingerprint density at radius 2 is 2.20 bits per heavy atom. The van der Waals surface area contributed by atoms with Gasteiger partial charge in [0.2, 0.25) is 0 Å². The summed E-state index contributed by atoms with van der Waals surface area (Å²) in [6.45, 7) is 2.72. The summed E-state index contributed by atoms with van der Waals surface area (Å²) in [5.74, 6) is -0.627. The van der Waals surface area contributed by atoms with Gasteiger partial charge in [0.1, 0.15) is 5.82 Å². The van der Waals surface area contributed by atoms with Crippen molar-refractivity contribution in [1.29, 1.82) is 0 Å². The molecule has 110 valence electrons. The van der Waals surface area contributed by atoms with Crippen molar-refractivity contribution >= 4 is 5.97 Å². The lowest BCUT2D eigenvalue weighted by atomic mass is 9.86. The van der Waals surface area contributed by atoms with Gasteiger partial charge in [-0.1, -0.05) is 19.8 Å². The number of hydrogen-bond acceptors (Lipinski definition) is 2. The fourth-order valence-corrected chi connectivity index (χ4v) is 3.03. The Hall–Kier alpha value is -1.42. The minimum atomic E-state index is -1.01. The molecule has 0 aromatic heterocycles. The van der Waals surface area contributed by atoms with Crippen LogP contribution in [0, 0.1) is 11.7 Å². The van der Waals surface area contributed by atoms with Gasteiger partial charge in [0.05, 0.1) is 5.56 Å². The fraction of sp³-hybridized carbons (Fsp3) is 0.562.